The second-order valence-electron chi connectivity index (χ2n) is 4.78. The monoisotopic (exact) mass is 206 g/mol. The van der Waals surface area contributed by atoms with Gasteiger partial charge in [-0.05, 0) is 33.1 Å². The van der Waals surface area contributed by atoms with Crippen molar-refractivity contribution in [1.82, 2.24) is 4.57 Å². The number of aromatic nitrogens is 1. The maximum absolute atomic E-state index is 11.3. The van der Waals surface area contributed by atoms with Crippen molar-refractivity contribution in [2.75, 3.05) is 0 Å². The van der Waals surface area contributed by atoms with Crippen molar-refractivity contribution in [2.45, 2.75) is 45.2 Å². The fraction of sp³-hybridized carbons (Fsp3) is 0.583. The van der Waals surface area contributed by atoms with Crippen molar-refractivity contribution < 1.29 is 0 Å². The van der Waals surface area contributed by atoms with E-state index in [1.165, 1.54) is 6.42 Å². The summed E-state index contributed by atoms with van der Waals surface area (Å²) in [5, 5.41) is 0. The number of rotatable bonds is 2. The van der Waals surface area contributed by atoms with Crippen molar-refractivity contribution in [3.63, 3.8) is 0 Å². The summed E-state index contributed by atoms with van der Waals surface area (Å²) in [6, 6.07) is 3.35. The smallest absolute Gasteiger partial charge is 0.182 e. The molecule has 1 fully saturated rings. The lowest BCUT2D eigenvalue weighted by Crippen LogP contribution is -2.50. The molecule has 2 rings (SSSR count). The molecule has 1 aromatic heterocycles. The van der Waals surface area contributed by atoms with Crippen molar-refractivity contribution in [2.24, 2.45) is 5.73 Å². The van der Waals surface area contributed by atoms with Crippen LogP contribution < -0.4 is 11.2 Å². The van der Waals surface area contributed by atoms with Crippen molar-refractivity contribution >= 4 is 0 Å². The normalized spacial score (nSPS) is 18.6. The van der Waals surface area contributed by atoms with E-state index in [2.05, 4.69) is 4.57 Å². The lowest BCUT2D eigenvalue weighted by Gasteiger charge is -2.39. The van der Waals surface area contributed by atoms with Crippen molar-refractivity contribution in [1.29, 1.82) is 0 Å². The van der Waals surface area contributed by atoms with Gasteiger partial charge in [-0.1, -0.05) is 0 Å². The van der Waals surface area contributed by atoms with Gasteiger partial charge in [0.25, 0.3) is 0 Å². The van der Waals surface area contributed by atoms with Crippen LogP contribution in [0.5, 0.6) is 0 Å². The average Bonchev–Trinajstić information content (AvgIpc) is 2.08. The van der Waals surface area contributed by atoms with Crippen molar-refractivity contribution in [3.8, 4) is 0 Å². The summed E-state index contributed by atoms with van der Waals surface area (Å²) >= 11 is 0. The molecule has 1 aliphatic carbocycles. The Morgan fingerprint density at radius 1 is 1.33 bits per heavy atom. The van der Waals surface area contributed by atoms with Crippen molar-refractivity contribution in [3.05, 3.63) is 33.7 Å². The van der Waals surface area contributed by atoms with E-state index in [9.17, 15) is 4.79 Å². The Labute approximate surface area is 89.9 Å². The number of nitrogens with two attached hydrogens (primary N) is 1. The van der Waals surface area contributed by atoms with Gasteiger partial charge in [-0.25, -0.2) is 0 Å². The molecule has 82 valence electrons. The van der Waals surface area contributed by atoms with Crippen LogP contribution in [0, 0.1) is 13.8 Å². The Hall–Kier alpha value is -1.09. The molecule has 2 N–H and O–H groups in total. The summed E-state index contributed by atoms with van der Waals surface area (Å²) in [7, 11) is 0. The zero-order chi connectivity index (χ0) is 11.1. The van der Waals surface area contributed by atoms with Gasteiger partial charge in [-0.3, -0.25) is 4.79 Å². The zero-order valence-electron chi connectivity index (χ0n) is 9.42. The lowest BCUT2D eigenvalue weighted by atomic mass is 9.77. The molecule has 1 saturated carbocycles. The summed E-state index contributed by atoms with van der Waals surface area (Å²) in [5.74, 6) is 0. The predicted molar refractivity (Wildman–Crippen MR) is 60.9 cm³/mol. The van der Waals surface area contributed by atoms with E-state index in [0.717, 1.165) is 30.8 Å². The lowest BCUT2D eigenvalue weighted by molar-refractivity contribution is 0.212. The molecule has 15 heavy (non-hydrogen) atoms. The van der Waals surface area contributed by atoms with Gasteiger partial charge in [-0.2, -0.15) is 0 Å². The fourth-order valence-corrected chi connectivity index (χ4v) is 2.24. The molecule has 0 unspecified atom stereocenters. The first-order chi connectivity index (χ1) is 7.00. The molecule has 0 atom stereocenters. The number of hydrogen-bond acceptors (Lipinski definition) is 2. The quantitative estimate of drug-likeness (QED) is 0.794. The third kappa shape index (κ3) is 1.97. The Morgan fingerprint density at radius 3 is 2.27 bits per heavy atom. The van der Waals surface area contributed by atoms with Gasteiger partial charge in [0.15, 0.2) is 5.43 Å². The van der Waals surface area contributed by atoms with E-state index in [4.69, 9.17) is 5.73 Å². The van der Waals surface area contributed by atoms with Gasteiger partial charge in [0.1, 0.15) is 0 Å². The molecule has 1 aromatic rings. The van der Waals surface area contributed by atoms with E-state index < -0.39 is 0 Å². The molecule has 0 aliphatic heterocycles. The highest BCUT2D eigenvalue weighted by Gasteiger charge is 2.33. The highest BCUT2D eigenvalue weighted by Crippen LogP contribution is 2.31. The maximum atomic E-state index is 11.3. The Kier molecular flexibility index (Phi) is 2.43. The van der Waals surface area contributed by atoms with E-state index in [0.29, 0.717) is 0 Å². The summed E-state index contributed by atoms with van der Waals surface area (Å²) in [4.78, 5) is 11.3. The maximum Gasteiger partial charge on any atom is 0.182 e. The predicted octanol–water partition coefficient (Wildman–Crippen LogP) is 1.35. The Morgan fingerprint density at radius 2 is 1.87 bits per heavy atom. The SMILES string of the molecule is Cc1cc(=O)cc(C)n1CC1(N)CCC1. The zero-order valence-corrected chi connectivity index (χ0v) is 9.42. The van der Waals surface area contributed by atoms with Crippen LogP contribution in [-0.2, 0) is 6.54 Å². The van der Waals surface area contributed by atoms with E-state index >= 15 is 0 Å². The molecule has 3 nitrogen and oxygen atoms in total. The molecule has 0 spiro atoms. The second kappa shape index (κ2) is 3.49. The topological polar surface area (TPSA) is 48.0 Å². The number of aryl methyl sites for hydroxylation is 2. The molecule has 1 heterocycles. The Balaban J connectivity index is 2.32. The molecule has 0 radical (unpaired) electrons. The van der Waals surface area contributed by atoms with Crippen LogP contribution >= 0.6 is 0 Å². The second-order valence-corrected chi connectivity index (χ2v) is 4.78. The first-order valence-electron chi connectivity index (χ1n) is 5.47. The van der Waals surface area contributed by atoms with Crippen LogP contribution in [-0.4, -0.2) is 10.1 Å². The van der Waals surface area contributed by atoms with Gasteiger partial charge < -0.3 is 10.3 Å². The van der Waals surface area contributed by atoms with E-state index in [1.54, 1.807) is 12.1 Å². The van der Waals surface area contributed by atoms with E-state index in [1.807, 2.05) is 13.8 Å². The van der Waals surface area contributed by atoms with Gasteiger partial charge in [0, 0.05) is 35.6 Å². The van der Waals surface area contributed by atoms with E-state index in [-0.39, 0.29) is 11.0 Å². The summed E-state index contributed by atoms with van der Waals surface area (Å²) < 4.78 is 2.15. The van der Waals surface area contributed by atoms with Crippen LogP contribution in [0.3, 0.4) is 0 Å². The minimum Gasteiger partial charge on any atom is -0.347 e. The summed E-state index contributed by atoms with van der Waals surface area (Å²) in [5.41, 5.74) is 8.28. The molecule has 1 aliphatic rings. The number of hydrogen-bond donors (Lipinski definition) is 1. The fourth-order valence-electron chi connectivity index (χ4n) is 2.24. The molecule has 3 heteroatoms. The number of nitrogens with zero attached hydrogens (tertiary/aromatic N) is 1. The summed E-state index contributed by atoms with van der Waals surface area (Å²) in [6.07, 6.45) is 3.42. The Bertz CT molecular complexity index is 403. The van der Waals surface area contributed by atoms with Gasteiger partial charge >= 0.3 is 0 Å². The highest BCUT2D eigenvalue weighted by atomic mass is 16.1. The van der Waals surface area contributed by atoms with Crippen LogP contribution in [0.4, 0.5) is 0 Å². The standard InChI is InChI=1S/C12H18N2O/c1-9-6-11(15)7-10(2)14(9)8-12(13)4-3-5-12/h6-7H,3-5,8,13H2,1-2H3. The van der Waals surface area contributed by atoms with Crippen LogP contribution in [0.1, 0.15) is 30.7 Å². The molecule has 0 amide bonds. The van der Waals surface area contributed by atoms with Crippen LogP contribution in [0.25, 0.3) is 0 Å². The molecular weight excluding hydrogens is 188 g/mol. The van der Waals surface area contributed by atoms with Gasteiger partial charge in [0.2, 0.25) is 0 Å². The first-order valence-corrected chi connectivity index (χ1v) is 5.47. The van der Waals surface area contributed by atoms with Gasteiger partial charge in [-0.15, -0.1) is 0 Å². The molecule has 0 aromatic carbocycles. The average molecular weight is 206 g/mol. The molecule has 0 saturated heterocycles. The highest BCUT2D eigenvalue weighted by molar-refractivity contribution is 5.13. The largest absolute Gasteiger partial charge is 0.347 e. The van der Waals surface area contributed by atoms with Crippen LogP contribution in [0.15, 0.2) is 16.9 Å². The minimum atomic E-state index is -0.0371. The van der Waals surface area contributed by atoms with Gasteiger partial charge in [0.05, 0.1) is 0 Å². The number of pyridine rings is 1. The van der Waals surface area contributed by atoms with Crippen LogP contribution in [0.2, 0.25) is 0 Å². The minimum absolute atomic E-state index is 0.0371. The third-order valence-corrected chi connectivity index (χ3v) is 3.38. The molecule has 0 bridgehead atoms. The third-order valence-electron chi connectivity index (χ3n) is 3.38. The molecular formula is C12H18N2O. The summed E-state index contributed by atoms with van der Waals surface area (Å²) in [6.45, 7) is 4.78. The first kappa shape index (κ1) is 10.4.